The Bertz CT molecular complexity index is 1320. The van der Waals surface area contributed by atoms with Gasteiger partial charge in [-0.3, -0.25) is 0 Å². The fourth-order valence-electron chi connectivity index (χ4n) is 3.23. The van der Waals surface area contributed by atoms with Crippen LogP contribution in [-0.4, -0.2) is 46.6 Å². The van der Waals surface area contributed by atoms with Gasteiger partial charge in [0.15, 0.2) is 9.84 Å². The molecule has 7 nitrogen and oxygen atoms in total. The molecule has 32 heavy (non-hydrogen) atoms. The lowest BCUT2D eigenvalue weighted by molar-refractivity contribution is 0.309. The zero-order chi connectivity index (χ0) is 22.9. The van der Waals surface area contributed by atoms with E-state index in [4.69, 9.17) is 21.1 Å². The summed E-state index contributed by atoms with van der Waals surface area (Å²) >= 11 is 6.07. The Balaban J connectivity index is 1.44. The number of sulfonamides is 1. The molecule has 0 unspecified atom stereocenters. The molecule has 0 amide bonds. The summed E-state index contributed by atoms with van der Waals surface area (Å²) in [6.45, 7) is -0.205. The number of sulfone groups is 1. The first-order valence-electron chi connectivity index (χ1n) is 9.62. The molecule has 10 heteroatoms. The van der Waals surface area contributed by atoms with Crippen molar-refractivity contribution in [3.63, 3.8) is 0 Å². The highest BCUT2D eigenvalue weighted by Gasteiger charge is 2.44. The maximum absolute atomic E-state index is 12.9. The molecular formula is C22H20ClNO6S2. The second-order valence-electron chi connectivity index (χ2n) is 7.17. The minimum Gasteiger partial charge on any atom is -0.497 e. The SMILES string of the molecule is COc1ccc(S(=O)(=O)C2CN(S(=O)(=O)c3ccc(Oc4ccccc4Cl)cc3)C2)cc1. The van der Waals surface area contributed by atoms with Crippen LogP contribution < -0.4 is 9.47 Å². The molecule has 168 valence electrons. The summed E-state index contributed by atoms with van der Waals surface area (Å²) in [6.07, 6.45) is 0. The summed E-state index contributed by atoms with van der Waals surface area (Å²) in [4.78, 5) is 0.200. The van der Waals surface area contributed by atoms with E-state index >= 15 is 0 Å². The Kier molecular flexibility index (Phi) is 6.17. The fourth-order valence-corrected chi connectivity index (χ4v) is 6.78. The zero-order valence-corrected chi connectivity index (χ0v) is 19.4. The van der Waals surface area contributed by atoms with Gasteiger partial charge < -0.3 is 9.47 Å². The van der Waals surface area contributed by atoms with Crippen LogP contribution in [0.5, 0.6) is 17.2 Å². The van der Waals surface area contributed by atoms with Gasteiger partial charge in [-0.15, -0.1) is 0 Å². The van der Waals surface area contributed by atoms with Crippen LogP contribution >= 0.6 is 11.6 Å². The van der Waals surface area contributed by atoms with Crippen molar-refractivity contribution in [3.05, 3.63) is 77.8 Å². The Morgan fingerprint density at radius 2 is 1.38 bits per heavy atom. The molecule has 1 heterocycles. The van der Waals surface area contributed by atoms with Crippen LogP contribution in [0.1, 0.15) is 0 Å². The number of hydrogen-bond donors (Lipinski definition) is 0. The van der Waals surface area contributed by atoms with Gasteiger partial charge in [0.2, 0.25) is 10.0 Å². The summed E-state index contributed by atoms with van der Waals surface area (Å²) in [5.74, 6) is 1.43. The molecule has 1 aliphatic heterocycles. The number of hydrogen-bond acceptors (Lipinski definition) is 6. The van der Waals surface area contributed by atoms with Crippen LogP contribution in [0.3, 0.4) is 0 Å². The van der Waals surface area contributed by atoms with Gasteiger partial charge in [-0.2, -0.15) is 4.31 Å². The van der Waals surface area contributed by atoms with Crippen LogP contribution in [0.4, 0.5) is 0 Å². The smallest absolute Gasteiger partial charge is 0.243 e. The number of halogens is 1. The molecule has 1 aliphatic rings. The standard InChI is InChI=1S/C22H20ClNO6S2/c1-29-16-6-10-18(11-7-16)31(25,26)20-14-24(15-20)32(27,28)19-12-8-17(9-13-19)30-22-5-3-2-4-21(22)23/h2-13,20H,14-15H2,1H3. The van der Waals surface area contributed by atoms with Gasteiger partial charge in [-0.05, 0) is 60.7 Å². The van der Waals surface area contributed by atoms with E-state index in [-0.39, 0.29) is 22.9 Å². The third-order valence-corrected chi connectivity index (χ3v) is 9.43. The Morgan fingerprint density at radius 3 is 1.97 bits per heavy atom. The molecule has 0 saturated carbocycles. The first kappa shape index (κ1) is 22.6. The first-order chi connectivity index (χ1) is 15.2. The third kappa shape index (κ3) is 4.33. The molecule has 1 fully saturated rings. The Labute approximate surface area is 192 Å². The van der Waals surface area contributed by atoms with Crippen molar-refractivity contribution in [3.8, 4) is 17.2 Å². The highest BCUT2D eigenvalue weighted by Crippen LogP contribution is 2.32. The third-order valence-electron chi connectivity index (χ3n) is 5.17. The van der Waals surface area contributed by atoms with E-state index in [1.165, 1.54) is 43.5 Å². The quantitative estimate of drug-likeness (QED) is 0.494. The molecule has 1 saturated heterocycles. The molecule has 0 N–H and O–H groups in total. The van der Waals surface area contributed by atoms with Crippen LogP contribution in [0.25, 0.3) is 0 Å². The van der Waals surface area contributed by atoms with Crippen LogP contribution in [0.2, 0.25) is 5.02 Å². The maximum Gasteiger partial charge on any atom is 0.243 e. The van der Waals surface area contributed by atoms with Gasteiger partial charge in [0.05, 0.1) is 27.2 Å². The number of rotatable bonds is 7. The second kappa shape index (κ2) is 8.74. The number of benzene rings is 3. The lowest BCUT2D eigenvalue weighted by atomic mass is 10.3. The molecular weight excluding hydrogens is 474 g/mol. The topological polar surface area (TPSA) is 90.0 Å². The summed E-state index contributed by atoms with van der Waals surface area (Å²) in [5, 5.41) is -0.359. The molecule has 3 aromatic carbocycles. The van der Waals surface area contributed by atoms with E-state index in [9.17, 15) is 16.8 Å². The van der Waals surface area contributed by atoms with Gasteiger partial charge in [-0.1, -0.05) is 23.7 Å². The van der Waals surface area contributed by atoms with E-state index in [1.807, 2.05) is 0 Å². The molecule has 0 radical (unpaired) electrons. The second-order valence-corrected chi connectivity index (χ2v) is 11.7. The van der Waals surface area contributed by atoms with Crippen molar-refractivity contribution in [1.82, 2.24) is 4.31 Å². The molecule has 0 aliphatic carbocycles. The van der Waals surface area contributed by atoms with Crippen molar-refractivity contribution in [1.29, 1.82) is 0 Å². The van der Waals surface area contributed by atoms with E-state index in [0.717, 1.165) is 4.31 Å². The normalized spacial score (nSPS) is 15.2. The van der Waals surface area contributed by atoms with E-state index in [1.54, 1.807) is 36.4 Å². The number of nitrogens with zero attached hydrogens (tertiary/aromatic N) is 1. The van der Waals surface area contributed by atoms with E-state index in [0.29, 0.717) is 22.3 Å². The summed E-state index contributed by atoms with van der Waals surface area (Å²) < 4.78 is 63.2. The molecule has 0 aromatic heterocycles. The lowest BCUT2D eigenvalue weighted by Gasteiger charge is -2.37. The van der Waals surface area contributed by atoms with Gasteiger partial charge in [-0.25, -0.2) is 16.8 Å². The fraction of sp³-hybridized carbons (Fsp3) is 0.182. The predicted octanol–water partition coefficient (Wildman–Crippen LogP) is 3.99. The Hall–Kier alpha value is -2.59. The Morgan fingerprint density at radius 1 is 0.812 bits per heavy atom. The molecule has 0 spiro atoms. The largest absolute Gasteiger partial charge is 0.497 e. The van der Waals surface area contributed by atoms with Crippen molar-refractivity contribution < 1.29 is 26.3 Å². The highest BCUT2D eigenvalue weighted by atomic mass is 35.5. The minimum atomic E-state index is -3.82. The predicted molar refractivity (Wildman–Crippen MR) is 121 cm³/mol. The lowest BCUT2D eigenvalue weighted by Crippen LogP contribution is -2.56. The van der Waals surface area contributed by atoms with Crippen LogP contribution in [-0.2, 0) is 19.9 Å². The van der Waals surface area contributed by atoms with E-state index < -0.39 is 25.1 Å². The van der Waals surface area contributed by atoms with Gasteiger partial charge in [0, 0.05) is 13.1 Å². The summed E-state index contributed by atoms with van der Waals surface area (Å²) in [5.41, 5.74) is 0. The van der Waals surface area contributed by atoms with Crippen molar-refractivity contribution in [2.75, 3.05) is 20.2 Å². The van der Waals surface area contributed by atoms with Crippen LogP contribution in [0.15, 0.2) is 82.6 Å². The number of para-hydroxylation sites is 1. The van der Waals surface area contributed by atoms with Crippen molar-refractivity contribution in [2.24, 2.45) is 0 Å². The van der Waals surface area contributed by atoms with E-state index in [2.05, 4.69) is 0 Å². The summed E-state index contributed by atoms with van der Waals surface area (Å²) in [6, 6.07) is 18.9. The molecule has 0 atom stereocenters. The molecule has 4 rings (SSSR count). The monoisotopic (exact) mass is 493 g/mol. The average molecular weight is 494 g/mol. The highest BCUT2D eigenvalue weighted by molar-refractivity contribution is 7.92. The minimum absolute atomic E-state index is 0.0595. The van der Waals surface area contributed by atoms with Gasteiger partial charge >= 0.3 is 0 Å². The molecule has 3 aromatic rings. The number of ether oxygens (including phenoxy) is 2. The maximum atomic E-state index is 12.9. The van der Waals surface area contributed by atoms with Gasteiger partial charge in [0.1, 0.15) is 17.2 Å². The van der Waals surface area contributed by atoms with Gasteiger partial charge in [0.25, 0.3) is 0 Å². The van der Waals surface area contributed by atoms with Crippen molar-refractivity contribution >= 4 is 31.5 Å². The molecule has 0 bridgehead atoms. The van der Waals surface area contributed by atoms with Crippen molar-refractivity contribution in [2.45, 2.75) is 15.0 Å². The summed E-state index contributed by atoms with van der Waals surface area (Å²) in [7, 11) is -5.97. The zero-order valence-electron chi connectivity index (χ0n) is 17.0. The number of methoxy groups -OCH3 is 1. The first-order valence-corrected chi connectivity index (χ1v) is 13.0. The average Bonchev–Trinajstić information content (AvgIpc) is 2.74. The van der Waals surface area contributed by atoms with Crippen LogP contribution in [0, 0.1) is 0 Å².